The lowest BCUT2D eigenvalue weighted by Gasteiger charge is -2.06. The number of aliphatic imine (C=N–C) groups is 1. The van der Waals surface area contributed by atoms with Crippen LogP contribution in [0.3, 0.4) is 0 Å². The molecule has 0 saturated carbocycles. The van der Waals surface area contributed by atoms with E-state index in [0.29, 0.717) is 0 Å². The molecule has 2 nitrogen and oxygen atoms in total. The number of nitrogens with zero attached hydrogens (tertiary/aromatic N) is 1. The molecule has 0 aromatic rings. The molecule has 0 amide bonds. The maximum atomic E-state index is 5.47. The van der Waals surface area contributed by atoms with E-state index in [0.717, 1.165) is 12.4 Å². The second kappa shape index (κ2) is 5.61. The molecule has 1 atom stereocenters. The molecular formula is C8H15NOS. The van der Waals surface area contributed by atoms with Crippen molar-refractivity contribution in [3.05, 3.63) is 0 Å². The van der Waals surface area contributed by atoms with Crippen LogP contribution in [0.1, 0.15) is 26.2 Å². The summed E-state index contributed by atoms with van der Waals surface area (Å²) in [6.45, 7) is 3.06. The highest BCUT2D eigenvalue weighted by molar-refractivity contribution is 8.00. The smallest absolute Gasteiger partial charge is 0.196 e. The average molecular weight is 173 g/mol. The van der Waals surface area contributed by atoms with Crippen molar-refractivity contribution in [3.63, 3.8) is 0 Å². The Kier molecular flexibility index (Phi) is 4.62. The van der Waals surface area contributed by atoms with Gasteiger partial charge in [0.05, 0.1) is 6.61 Å². The molecule has 0 fully saturated rings. The van der Waals surface area contributed by atoms with Crippen molar-refractivity contribution in [1.82, 2.24) is 0 Å². The third-order valence-corrected chi connectivity index (χ3v) is 2.43. The summed E-state index contributed by atoms with van der Waals surface area (Å²) in [5.74, 6) is 1.01. The van der Waals surface area contributed by atoms with Gasteiger partial charge in [0.25, 0.3) is 0 Å². The summed E-state index contributed by atoms with van der Waals surface area (Å²) in [7, 11) is 0. The Bertz CT molecular complexity index is 127. The van der Waals surface area contributed by atoms with E-state index < -0.39 is 0 Å². The van der Waals surface area contributed by atoms with Gasteiger partial charge in [0.15, 0.2) is 5.56 Å². The van der Waals surface area contributed by atoms with E-state index >= 15 is 0 Å². The fourth-order valence-corrected chi connectivity index (χ4v) is 1.63. The molecule has 1 aliphatic rings. The quantitative estimate of drug-likeness (QED) is 0.595. The van der Waals surface area contributed by atoms with Crippen LogP contribution in [0.4, 0.5) is 0 Å². The first-order valence-electron chi connectivity index (χ1n) is 4.18. The number of hydrogen-bond donors (Lipinski definition) is 0. The van der Waals surface area contributed by atoms with Crippen molar-refractivity contribution in [1.29, 1.82) is 0 Å². The first kappa shape index (κ1) is 9.07. The summed E-state index contributed by atoms with van der Waals surface area (Å²) in [4.78, 5) is 4.15. The van der Waals surface area contributed by atoms with Crippen LogP contribution >= 0.6 is 11.8 Å². The van der Waals surface area contributed by atoms with E-state index in [1.165, 1.54) is 19.3 Å². The monoisotopic (exact) mass is 173 g/mol. The van der Waals surface area contributed by atoms with Crippen LogP contribution in [0.2, 0.25) is 0 Å². The zero-order valence-electron chi connectivity index (χ0n) is 6.95. The van der Waals surface area contributed by atoms with Crippen molar-refractivity contribution in [3.8, 4) is 0 Å². The van der Waals surface area contributed by atoms with E-state index in [-0.39, 0.29) is 5.56 Å². The highest BCUT2D eigenvalue weighted by atomic mass is 32.2. The van der Waals surface area contributed by atoms with Gasteiger partial charge in [0.1, 0.15) is 0 Å². The zero-order chi connectivity index (χ0) is 7.94. The number of rotatable bonds is 5. The first-order valence-corrected chi connectivity index (χ1v) is 5.23. The molecular weight excluding hydrogens is 158 g/mol. The number of ether oxygens (including phenoxy) is 1. The second-order valence-corrected chi connectivity index (χ2v) is 3.62. The summed E-state index contributed by atoms with van der Waals surface area (Å²) in [5, 5.41) is 0. The summed E-state index contributed by atoms with van der Waals surface area (Å²) >= 11 is 1.76. The van der Waals surface area contributed by atoms with E-state index in [4.69, 9.17) is 4.74 Å². The molecule has 11 heavy (non-hydrogen) atoms. The minimum Gasteiger partial charge on any atom is -0.347 e. The molecule has 1 aliphatic heterocycles. The first-order chi connectivity index (χ1) is 5.43. The molecule has 0 spiro atoms. The second-order valence-electron chi connectivity index (χ2n) is 2.55. The van der Waals surface area contributed by atoms with Crippen LogP contribution < -0.4 is 0 Å². The van der Waals surface area contributed by atoms with Crippen molar-refractivity contribution in [2.75, 3.05) is 12.4 Å². The molecule has 1 rings (SSSR count). The largest absolute Gasteiger partial charge is 0.347 e. The molecule has 64 valence electrons. The summed E-state index contributed by atoms with van der Waals surface area (Å²) in [6, 6.07) is 0. The van der Waals surface area contributed by atoms with Crippen molar-refractivity contribution >= 4 is 18.0 Å². The molecule has 0 aromatic carbocycles. The maximum absolute atomic E-state index is 5.47. The van der Waals surface area contributed by atoms with Crippen LogP contribution in [0.5, 0.6) is 0 Å². The third-order valence-electron chi connectivity index (χ3n) is 1.55. The Balaban J connectivity index is 1.90. The minimum absolute atomic E-state index is 0.104. The average Bonchev–Trinajstić information content (AvgIpc) is 2.50. The number of thioether (sulfide) groups is 1. The fraction of sp³-hybridized carbons (Fsp3) is 0.875. The topological polar surface area (TPSA) is 21.6 Å². The Hall–Kier alpha value is -0.0200. The fourth-order valence-electron chi connectivity index (χ4n) is 0.925. The van der Waals surface area contributed by atoms with Gasteiger partial charge in [-0.3, -0.25) is 4.99 Å². The summed E-state index contributed by atoms with van der Waals surface area (Å²) in [5.41, 5.74) is 0.104. The SMILES string of the molecule is CCCCCOC1N=CCS1. The van der Waals surface area contributed by atoms with E-state index in [1.54, 1.807) is 11.8 Å². The lowest BCUT2D eigenvalue weighted by atomic mass is 10.3. The lowest BCUT2D eigenvalue weighted by Crippen LogP contribution is -2.03. The maximum Gasteiger partial charge on any atom is 0.196 e. The molecule has 1 unspecified atom stereocenters. The minimum atomic E-state index is 0.104. The van der Waals surface area contributed by atoms with Gasteiger partial charge in [0, 0.05) is 12.0 Å². The Labute approximate surface area is 72.4 Å². The third kappa shape index (κ3) is 3.77. The number of hydrogen-bond acceptors (Lipinski definition) is 3. The molecule has 0 N–H and O–H groups in total. The predicted molar refractivity (Wildman–Crippen MR) is 50.2 cm³/mol. The number of unbranched alkanes of at least 4 members (excludes halogenated alkanes) is 2. The molecule has 0 saturated heterocycles. The van der Waals surface area contributed by atoms with Gasteiger partial charge >= 0.3 is 0 Å². The van der Waals surface area contributed by atoms with Gasteiger partial charge < -0.3 is 4.74 Å². The van der Waals surface area contributed by atoms with E-state index in [1.807, 2.05) is 6.21 Å². The van der Waals surface area contributed by atoms with Crippen LogP contribution in [-0.2, 0) is 4.74 Å². The standard InChI is InChI=1S/C8H15NOS/c1-2-3-4-6-10-8-9-5-7-11-8/h5,8H,2-4,6-7H2,1H3. The van der Waals surface area contributed by atoms with Gasteiger partial charge in [-0.2, -0.15) is 0 Å². The van der Waals surface area contributed by atoms with Gasteiger partial charge in [-0.25, -0.2) is 0 Å². The van der Waals surface area contributed by atoms with Crippen molar-refractivity contribution < 1.29 is 4.74 Å². The Morgan fingerprint density at radius 2 is 2.55 bits per heavy atom. The summed E-state index contributed by atoms with van der Waals surface area (Å²) < 4.78 is 5.47. The Morgan fingerprint density at radius 1 is 1.64 bits per heavy atom. The molecule has 0 aliphatic carbocycles. The normalized spacial score (nSPS) is 22.8. The highest BCUT2D eigenvalue weighted by Crippen LogP contribution is 2.17. The zero-order valence-corrected chi connectivity index (χ0v) is 7.77. The van der Waals surface area contributed by atoms with Gasteiger partial charge in [-0.05, 0) is 6.42 Å². The van der Waals surface area contributed by atoms with Crippen LogP contribution in [-0.4, -0.2) is 24.1 Å². The van der Waals surface area contributed by atoms with Gasteiger partial charge in [0.2, 0.25) is 0 Å². The van der Waals surface area contributed by atoms with E-state index in [9.17, 15) is 0 Å². The molecule has 0 bridgehead atoms. The molecule has 3 heteroatoms. The van der Waals surface area contributed by atoms with Crippen molar-refractivity contribution in [2.45, 2.75) is 31.7 Å². The van der Waals surface area contributed by atoms with Gasteiger partial charge in [-0.1, -0.05) is 19.8 Å². The molecule has 0 radical (unpaired) electrons. The van der Waals surface area contributed by atoms with Crippen LogP contribution in [0, 0.1) is 0 Å². The van der Waals surface area contributed by atoms with Crippen LogP contribution in [0.15, 0.2) is 4.99 Å². The van der Waals surface area contributed by atoms with Crippen LogP contribution in [0.25, 0.3) is 0 Å². The predicted octanol–water partition coefficient (Wildman–Crippen LogP) is 2.29. The van der Waals surface area contributed by atoms with E-state index in [2.05, 4.69) is 11.9 Å². The highest BCUT2D eigenvalue weighted by Gasteiger charge is 2.09. The molecule has 1 heterocycles. The Morgan fingerprint density at radius 3 is 3.18 bits per heavy atom. The van der Waals surface area contributed by atoms with Gasteiger partial charge in [-0.15, -0.1) is 11.8 Å². The summed E-state index contributed by atoms with van der Waals surface area (Å²) in [6.07, 6.45) is 5.61. The lowest BCUT2D eigenvalue weighted by molar-refractivity contribution is 0.116. The van der Waals surface area contributed by atoms with Crippen molar-refractivity contribution in [2.24, 2.45) is 4.99 Å². The molecule has 0 aromatic heterocycles.